The number of anilines is 1. The lowest BCUT2D eigenvalue weighted by atomic mass is 9.89. The molecule has 1 amide bonds. The van der Waals surface area contributed by atoms with Gasteiger partial charge in [-0.05, 0) is 32.4 Å². The predicted octanol–water partition coefficient (Wildman–Crippen LogP) is 2.39. The molecule has 0 saturated heterocycles. The van der Waals surface area contributed by atoms with Gasteiger partial charge in [0.25, 0.3) is 11.5 Å². The molecule has 0 fully saturated rings. The lowest BCUT2D eigenvalue weighted by Crippen LogP contribution is -2.52. The van der Waals surface area contributed by atoms with Crippen molar-refractivity contribution < 1.29 is 23.1 Å². The Balaban J connectivity index is 2.15. The normalized spacial score (nSPS) is 13.9. The van der Waals surface area contributed by atoms with Crippen LogP contribution >= 0.6 is 0 Å². The lowest BCUT2D eigenvalue weighted by molar-refractivity contribution is -0.255. The van der Waals surface area contributed by atoms with Gasteiger partial charge in [-0.2, -0.15) is 23.5 Å². The number of alkyl halides is 3. The van der Waals surface area contributed by atoms with Crippen molar-refractivity contribution in [3.05, 3.63) is 47.9 Å². The Kier molecular flexibility index (Phi) is 5.64. The molecule has 172 valence electrons. The summed E-state index contributed by atoms with van der Waals surface area (Å²) >= 11 is 0. The molecule has 1 aromatic carbocycles. The highest BCUT2D eigenvalue weighted by molar-refractivity contribution is 5.86. The number of hydrogen-bond acceptors (Lipinski definition) is 7. The number of carbonyl (C=O) groups is 1. The molecule has 3 aromatic rings. The van der Waals surface area contributed by atoms with Gasteiger partial charge >= 0.3 is 6.18 Å². The number of nitrogens with zero attached hydrogens (tertiary/aromatic N) is 5. The molecule has 0 radical (unpaired) electrons. The van der Waals surface area contributed by atoms with Gasteiger partial charge in [-0.25, -0.2) is 9.97 Å². The van der Waals surface area contributed by atoms with Gasteiger partial charge in [0.15, 0.2) is 0 Å². The minimum atomic E-state index is -5.34. The standard InChI is InChI=1S/C21H20F3N7O2/c1-11-4-5-13(20(33,18(27)32)21(22,23)24)6-14(11)15-8-28-17(26)16(30-15)12-7-29-31(9-12)19(2,3)10-25/h4-9,33H,1-3H3,(H2,26,28)(H2,27,32). The van der Waals surface area contributed by atoms with Crippen LogP contribution in [0.4, 0.5) is 19.0 Å². The number of aromatic nitrogens is 4. The fourth-order valence-electron chi connectivity index (χ4n) is 3.11. The van der Waals surface area contributed by atoms with Crippen LogP contribution in [0.1, 0.15) is 25.0 Å². The second-order valence-corrected chi connectivity index (χ2v) is 7.94. The van der Waals surface area contributed by atoms with Crippen LogP contribution in [-0.2, 0) is 15.9 Å². The van der Waals surface area contributed by atoms with E-state index in [0.717, 1.165) is 12.1 Å². The van der Waals surface area contributed by atoms with Gasteiger partial charge in [0.1, 0.15) is 17.1 Å². The van der Waals surface area contributed by atoms with E-state index >= 15 is 0 Å². The molecule has 5 N–H and O–H groups in total. The average Bonchev–Trinajstić information content (AvgIpc) is 3.24. The predicted molar refractivity (Wildman–Crippen MR) is 112 cm³/mol. The van der Waals surface area contributed by atoms with Crippen molar-refractivity contribution in [3.8, 4) is 28.6 Å². The Morgan fingerprint density at radius 3 is 2.48 bits per heavy atom. The number of benzene rings is 1. The van der Waals surface area contributed by atoms with E-state index in [1.807, 2.05) is 0 Å². The second kappa shape index (κ2) is 7.86. The summed E-state index contributed by atoms with van der Waals surface area (Å²) in [6.45, 7) is 4.93. The van der Waals surface area contributed by atoms with Crippen molar-refractivity contribution in [1.82, 2.24) is 19.7 Å². The summed E-state index contributed by atoms with van der Waals surface area (Å²) in [5, 5.41) is 23.6. The highest BCUT2D eigenvalue weighted by Crippen LogP contribution is 2.40. The van der Waals surface area contributed by atoms with Gasteiger partial charge in [0, 0.05) is 22.9 Å². The van der Waals surface area contributed by atoms with Crippen LogP contribution in [-0.4, -0.2) is 36.9 Å². The van der Waals surface area contributed by atoms with Crippen LogP contribution in [0.5, 0.6) is 0 Å². The molecule has 12 heteroatoms. The number of halogens is 3. The summed E-state index contributed by atoms with van der Waals surface area (Å²) in [6.07, 6.45) is -1.11. The third-order valence-electron chi connectivity index (χ3n) is 5.20. The van der Waals surface area contributed by atoms with Gasteiger partial charge in [-0.1, -0.05) is 12.1 Å². The summed E-state index contributed by atoms with van der Waals surface area (Å²) in [6, 6.07) is 5.36. The molecule has 33 heavy (non-hydrogen) atoms. The van der Waals surface area contributed by atoms with Crippen molar-refractivity contribution in [2.24, 2.45) is 5.73 Å². The van der Waals surface area contributed by atoms with Crippen molar-refractivity contribution >= 4 is 11.7 Å². The summed E-state index contributed by atoms with van der Waals surface area (Å²) in [5.74, 6) is -1.92. The highest BCUT2D eigenvalue weighted by atomic mass is 19.4. The van der Waals surface area contributed by atoms with Crippen LogP contribution in [0.3, 0.4) is 0 Å². The van der Waals surface area contributed by atoms with E-state index in [1.54, 1.807) is 27.0 Å². The summed E-state index contributed by atoms with van der Waals surface area (Å²) in [5.41, 5.74) is 6.71. The zero-order valence-corrected chi connectivity index (χ0v) is 17.8. The molecule has 0 aliphatic heterocycles. The van der Waals surface area contributed by atoms with Crippen LogP contribution in [0.25, 0.3) is 22.5 Å². The largest absolute Gasteiger partial charge is 0.430 e. The first-order valence-electron chi connectivity index (χ1n) is 9.52. The number of nitriles is 1. The molecule has 0 aliphatic carbocycles. The highest BCUT2D eigenvalue weighted by Gasteiger charge is 2.60. The topological polar surface area (TPSA) is 157 Å². The average molecular weight is 459 g/mol. The van der Waals surface area contributed by atoms with Gasteiger partial charge < -0.3 is 16.6 Å². The zero-order valence-electron chi connectivity index (χ0n) is 17.8. The molecule has 0 saturated carbocycles. The maximum atomic E-state index is 13.5. The van der Waals surface area contributed by atoms with E-state index < -0.39 is 28.8 Å². The second-order valence-electron chi connectivity index (χ2n) is 7.94. The molecule has 0 aliphatic rings. The first-order chi connectivity index (χ1) is 15.2. The number of aryl methyl sites for hydroxylation is 1. The molecule has 1 unspecified atom stereocenters. The van der Waals surface area contributed by atoms with Gasteiger partial charge in [0.05, 0.1) is 24.2 Å². The van der Waals surface area contributed by atoms with Crippen molar-refractivity contribution in [2.45, 2.75) is 38.1 Å². The van der Waals surface area contributed by atoms with Crippen molar-refractivity contribution in [3.63, 3.8) is 0 Å². The molecular weight excluding hydrogens is 439 g/mol. The zero-order chi connectivity index (χ0) is 24.8. The molecule has 2 heterocycles. The van der Waals surface area contributed by atoms with Crippen LogP contribution in [0.2, 0.25) is 0 Å². The summed E-state index contributed by atoms with van der Waals surface area (Å²) in [7, 11) is 0. The van der Waals surface area contributed by atoms with Crippen molar-refractivity contribution in [2.75, 3.05) is 5.73 Å². The van der Waals surface area contributed by atoms with Gasteiger partial charge in [0.2, 0.25) is 0 Å². The Bertz CT molecular complexity index is 1280. The number of aliphatic hydroxyl groups is 1. The molecule has 2 aromatic heterocycles. The number of carbonyl (C=O) groups excluding carboxylic acids is 1. The minimum Gasteiger partial charge on any atom is -0.382 e. The lowest BCUT2D eigenvalue weighted by Gasteiger charge is -2.28. The van der Waals surface area contributed by atoms with Crippen LogP contribution in [0, 0.1) is 18.3 Å². The fraction of sp³-hybridized carbons (Fsp3) is 0.286. The molecule has 0 spiro atoms. The molecule has 3 rings (SSSR count). The molecule has 1 atom stereocenters. The van der Waals surface area contributed by atoms with Crippen LogP contribution < -0.4 is 11.5 Å². The maximum absolute atomic E-state index is 13.5. The molecule has 0 bridgehead atoms. The number of hydrogen-bond donors (Lipinski definition) is 3. The molecule has 9 nitrogen and oxygen atoms in total. The van der Waals surface area contributed by atoms with E-state index in [4.69, 9.17) is 11.5 Å². The summed E-state index contributed by atoms with van der Waals surface area (Å²) < 4.78 is 42.0. The quantitative estimate of drug-likeness (QED) is 0.529. The third-order valence-corrected chi connectivity index (χ3v) is 5.20. The first-order valence-corrected chi connectivity index (χ1v) is 9.52. The number of nitrogens with two attached hydrogens (primary N) is 2. The van der Waals surface area contributed by atoms with E-state index in [1.165, 1.54) is 23.1 Å². The van der Waals surface area contributed by atoms with E-state index in [-0.39, 0.29) is 22.8 Å². The Labute approximate surface area is 186 Å². The smallest absolute Gasteiger partial charge is 0.382 e. The maximum Gasteiger partial charge on any atom is 0.430 e. The van der Waals surface area contributed by atoms with E-state index in [2.05, 4.69) is 21.1 Å². The monoisotopic (exact) mass is 459 g/mol. The van der Waals surface area contributed by atoms with Gasteiger partial charge in [-0.3, -0.25) is 9.48 Å². The first kappa shape index (κ1) is 23.7. The Hall–Kier alpha value is -3.98. The molecular formula is C21H20F3N7O2. The van der Waals surface area contributed by atoms with Crippen LogP contribution in [0.15, 0.2) is 36.8 Å². The fourth-order valence-corrected chi connectivity index (χ4v) is 3.11. The number of amides is 1. The third kappa shape index (κ3) is 3.98. The summed E-state index contributed by atoms with van der Waals surface area (Å²) in [4.78, 5) is 20.1. The van der Waals surface area contributed by atoms with Crippen molar-refractivity contribution in [1.29, 1.82) is 5.26 Å². The number of nitrogen functional groups attached to an aromatic ring is 1. The number of primary amides is 1. The number of rotatable bonds is 5. The van der Waals surface area contributed by atoms with E-state index in [0.29, 0.717) is 11.1 Å². The Morgan fingerprint density at radius 1 is 1.24 bits per heavy atom. The minimum absolute atomic E-state index is 0.0332. The van der Waals surface area contributed by atoms with Gasteiger partial charge in [-0.15, -0.1) is 0 Å². The Morgan fingerprint density at radius 2 is 1.91 bits per heavy atom. The SMILES string of the molecule is Cc1ccc(C(O)(C(N)=O)C(F)(F)F)cc1-c1cnc(N)c(-c2cnn(C(C)(C)C#N)c2)n1. The van der Waals surface area contributed by atoms with E-state index in [9.17, 15) is 28.3 Å².